The minimum absolute atomic E-state index is 0.0881. The summed E-state index contributed by atoms with van der Waals surface area (Å²) in [6.45, 7) is 5.61. The van der Waals surface area contributed by atoms with Gasteiger partial charge in [0, 0.05) is 6.04 Å². The number of rotatable bonds is 4. The van der Waals surface area contributed by atoms with Gasteiger partial charge in [0.05, 0.1) is 13.3 Å². The first-order valence-corrected chi connectivity index (χ1v) is 6.51. The Hall–Kier alpha value is -1.88. The number of nitrogens with zero attached hydrogens (tertiary/aromatic N) is 2. The molecule has 0 bridgehead atoms. The summed E-state index contributed by atoms with van der Waals surface area (Å²) in [6, 6.07) is 4.66. The van der Waals surface area contributed by atoms with Crippen molar-refractivity contribution in [2.45, 2.75) is 32.9 Å². The second-order valence-corrected chi connectivity index (χ2v) is 5.05. The van der Waals surface area contributed by atoms with E-state index in [2.05, 4.69) is 5.10 Å². The number of hydrogen-bond donors (Lipinski definition) is 1. The average Bonchev–Trinajstić information content (AvgIpc) is 2.85. The lowest BCUT2D eigenvalue weighted by Gasteiger charge is -2.18. The fraction of sp³-hybridized carbons (Fsp3) is 0.400. The number of methoxy groups -OCH3 is 1. The highest BCUT2D eigenvalue weighted by atomic mass is 19.1. The predicted octanol–water partition coefficient (Wildman–Crippen LogP) is 3.00. The maximum Gasteiger partial charge on any atom is 0.163 e. The number of halogens is 1. The molecule has 1 unspecified atom stereocenters. The van der Waals surface area contributed by atoms with Crippen molar-refractivity contribution in [1.82, 2.24) is 9.78 Å². The topological polar surface area (TPSA) is 47.3 Å². The van der Waals surface area contributed by atoms with Crippen molar-refractivity contribution in [2.24, 2.45) is 0 Å². The molecule has 1 N–H and O–H groups in total. The van der Waals surface area contributed by atoms with E-state index in [1.165, 1.54) is 13.2 Å². The summed E-state index contributed by atoms with van der Waals surface area (Å²) in [5.41, 5.74) is 1.69. The first-order valence-electron chi connectivity index (χ1n) is 6.51. The summed E-state index contributed by atoms with van der Waals surface area (Å²) < 4.78 is 20.3. The Kier molecular flexibility index (Phi) is 4.09. The highest BCUT2D eigenvalue weighted by Gasteiger charge is 2.23. The van der Waals surface area contributed by atoms with Gasteiger partial charge in [-0.05, 0) is 38.0 Å². The van der Waals surface area contributed by atoms with Gasteiger partial charge in [-0.15, -0.1) is 0 Å². The first kappa shape index (κ1) is 14.5. The van der Waals surface area contributed by atoms with E-state index in [1.54, 1.807) is 29.9 Å². The lowest BCUT2D eigenvalue weighted by molar-refractivity contribution is 0.199. The maximum atomic E-state index is 13.3. The number of aliphatic hydroxyl groups excluding tert-OH is 1. The maximum absolute atomic E-state index is 13.3. The van der Waals surface area contributed by atoms with Gasteiger partial charge in [-0.1, -0.05) is 12.1 Å². The Morgan fingerprint density at radius 3 is 2.60 bits per heavy atom. The Labute approximate surface area is 117 Å². The molecule has 1 aromatic carbocycles. The van der Waals surface area contributed by atoms with Crippen LogP contribution in [-0.2, 0) is 0 Å². The van der Waals surface area contributed by atoms with Crippen LogP contribution >= 0.6 is 0 Å². The summed E-state index contributed by atoms with van der Waals surface area (Å²) in [5, 5.41) is 14.8. The Bertz CT molecular complexity index is 608. The minimum Gasteiger partial charge on any atom is -0.493 e. The van der Waals surface area contributed by atoms with Gasteiger partial charge in [0.25, 0.3) is 0 Å². The molecule has 5 heteroatoms. The van der Waals surface area contributed by atoms with E-state index in [1.807, 2.05) is 13.8 Å². The lowest BCUT2D eigenvalue weighted by Crippen LogP contribution is -2.13. The van der Waals surface area contributed by atoms with Gasteiger partial charge < -0.3 is 9.84 Å². The van der Waals surface area contributed by atoms with Crippen LogP contribution in [0.4, 0.5) is 4.39 Å². The van der Waals surface area contributed by atoms with E-state index in [-0.39, 0.29) is 11.9 Å². The molecular weight excluding hydrogens is 259 g/mol. The van der Waals surface area contributed by atoms with Crippen LogP contribution in [0.5, 0.6) is 5.75 Å². The van der Waals surface area contributed by atoms with Crippen LogP contribution in [0.15, 0.2) is 24.4 Å². The third-order valence-corrected chi connectivity index (χ3v) is 3.26. The fourth-order valence-electron chi connectivity index (χ4n) is 2.18. The third-order valence-electron chi connectivity index (χ3n) is 3.26. The van der Waals surface area contributed by atoms with Gasteiger partial charge in [0.1, 0.15) is 17.6 Å². The van der Waals surface area contributed by atoms with E-state index >= 15 is 0 Å². The van der Waals surface area contributed by atoms with Crippen LogP contribution in [0.25, 0.3) is 0 Å². The smallest absolute Gasteiger partial charge is 0.163 e. The second-order valence-electron chi connectivity index (χ2n) is 5.05. The van der Waals surface area contributed by atoms with Gasteiger partial charge >= 0.3 is 0 Å². The normalized spacial score (nSPS) is 12.8. The average molecular weight is 278 g/mol. The summed E-state index contributed by atoms with van der Waals surface area (Å²) in [7, 11) is 1.54. The predicted molar refractivity (Wildman–Crippen MR) is 74.4 cm³/mol. The molecule has 20 heavy (non-hydrogen) atoms. The van der Waals surface area contributed by atoms with Crippen LogP contribution in [0.3, 0.4) is 0 Å². The van der Waals surface area contributed by atoms with Crippen molar-refractivity contribution >= 4 is 0 Å². The van der Waals surface area contributed by atoms with Gasteiger partial charge in [-0.3, -0.25) is 4.68 Å². The number of benzene rings is 1. The minimum atomic E-state index is -0.908. The lowest BCUT2D eigenvalue weighted by atomic mass is 10.0. The molecule has 0 radical (unpaired) electrons. The zero-order valence-electron chi connectivity index (χ0n) is 12.1. The van der Waals surface area contributed by atoms with Crippen LogP contribution in [0.1, 0.15) is 42.8 Å². The Morgan fingerprint density at radius 2 is 2.05 bits per heavy atom. The van der Waals surface area contributed by atoms with Crippen LogP contribution < -0.4 is 4.74 Å². The molecule has 1 heterocycles. The SMILES string of the molecule is COc1cnn(C(C)C)c1C(O)c1ccc(F)c(C)c1. The summed E-state index contributed by atoms with van der Waals surface area (Å²) in [4.78, 5) is 0. The molecule has 0 fully saturated rings. The number of aliphatic hydroxyl groups is 1. The highest BCUT2D eigenvalue weighted by molar-refractivity contribution is 5.36. The molecule has 0 saturated heterocycles. The molecule has 0 spiro atoms. The molecule has 0 aliphatic rings. The van der Waals surface area contributed by atoms with E-state index < -0.39 is 6.10 Å². The van der Waals surface area contributed by atoms with Crippen molar-refractivity contribution in [1.29, 1.82) is 0 Å². The monoisotopic (exact) mass is 278 g/mol. The number of aromatic nitrogens is 2. The first-order chi connectivity index (χ1) is 9.45. The van der Waals surface area contributed by atoms with Crippen LogP contribution in [-0.4, -0.2) is 22.0 Å². The fourth-order valence-corrected chi connectivity index (χ4v) is 2.18. The molecule has 0 amide bonds. The van der Waals surface area contributed by atoms with Crippen molar-refractivity contribution in [3.8, 4) is 5.75 Å². The Morgan fingerprint density at radius 1 is 1.35 bits per heavy atom. The number of aryl methyl sites for hydroxylation is 1. The van der Waals surface area contributed by atoms with Crippen molar-refractivity contribution in [3.05, 3.63) is 47.0 Å². The molecule has 0 aliphatic heterocycles. The molecule has 4 nitrogen and oxygen atoms in total. The Balaban J connectivity index is 2.49. The standard InChI is InChI=1S/C15H19FN2O2/c1-9(2)18-14(13(20-4)8-17-18)15(19)11-5-6-12(16)10(3)7-11/h5-9,15,19H,1-4H3. The van der Waals surface area contributed by atoms with E-state index in [4.69, 9.17) is 4.74 Å². The highest BCUT2D eigenvalue weighted by Crippen LogP contribution is 2.32. The zero-order chi connectivity index (χ0) is 14.9. The van der Waals surface area contributed by atoms with E-state index in [0.717, 1.165) is 0 Å². The molecule has 2 rings (SSSR count). The van der Waals surface area contributed by atoms with Crippen molar-refractivity contribution in [2.75, 3.05) is 7.11 Å². The molecule has 0 saturated carbocycles. The van der Waals surface area contributed by atoms with Gasteiger partial charge in [0.2, 0.25) is 0 Å². The second kappa shape index (κ2) is 5.63. The number of hydrogen-bond acceptors (Lipinski definition) is 3. The summed E-state index contributed by atoms with van der Waals surface area (Å²) >= 11 is 0. The quantitative estimate of drug-likeness (QED) is 0.935. The van der Waals surface area contributed by atoms with Gasteiger partial charge in [-0.25, -0.2) is 4.39 Å². The zero-order valence-corrected chi connectivity index (χ0v) is 12.1. The van der Waals surface area contributed by atoms with Gasteiger partial charge in [0.15, 0.2) is 5.75 Å². The third kappa shape index (κ3) is 2.54. The molecule has 2 aromatic rings. The van der Waals surface area contributed by atoms with Crippen LogP contribution in [0, 0.1) is 12.7 Å². The van der Waals surface area contributed by atoms with Crippen molar-refractivity contribution in [3.63, 3.8) is 0 Å². The van der Waals surface area contributed by atoms with Crippen LogP contribution in [0.2, 0.25) is 0 Å². The molecule has 108 valence electrons. The number of ether oxygens (including phenoxy) is 1. The molecule has 0 aliphatic carbocycles. The summed E-state index contributed by atoms with van der Waals surface area (Å²) in [5.74, 6) is 0.235. The van der Waals surface area contributed by atoms with Gasteiger partial charge in [-0.2, -0.15) is 5.10 Å². The summed E-state index contributed by atoms with van der Waals surface area (Å²) in [6.07, 6.45) is 0.670. The van der Waals surface area contributed by atoms with E-state index in [0.29, 0.717) is 22.6 Å². The molecule has 1 atom stereocenters. The van der Waals surface area contributed by atoms with E-state index in [9.17, 15) is 9.50 Å². The largest absolute Gasteiger partial charge is 0.493 e. The molecular formula is C15H19FN2O2. The molecule has 1 aromatic heterocycles. The van der Waals surface area contributed by atoms with Crippen molar-refractivity contribution < 1.29 is 14.2 Å².